The van der Waals surface area contributed by atoms with Crippen LogP contribution in [0.5, 0.6) is 0 Å². The molecular weight excluding hydrogens is 271 g/mol. The number of nitrogens with zero attached hydrogens (tertiary/aromatic N) is 3. The fraction of sp³-hybridized carbons (Fsp3) is 0.769. The topological polar surface area (TPSA) is 41.3 Å². The Hall–Kier alpha value is -1.08. The fourth-order valence-electron chi connectivity index (χ4n) is 2.77. The van der Waals surface area contributed by atoms with Crippen LogP contribution in [0.2, 0.25) is 0 Å². The minimum absolute atomic E-state index is 0.000197. The van der Waals surface area contributed by atoms with Crippen LogP contribution in [-0.2, 0) is 13.1 Å². The zero-order chi connectivity index (χ0) is 14.8. The van der Waals surface area contributed by atoms with Crippen LogP contribution in [0.4, 0.5) is 13.2 Å². The number of aliphatic hydroxyl groups is 1. The van der Waals surface area contributed by atoms with E-state index in [1.165, 1.54) is 12.4 Å². The van der Waals surface area contributed by atoms with E-state index in [4.69, 9.17) is 0 Å². The number of likely N-dealkylation sites (N-methyl/N-ethyl adjacent to an activating group) is 1. The molecule has 1 heterocycles. The Morgan fingerprint density at radius 3 is 2.75 bits per heavy atom. The quantitative estimate of drug-likeness (QED) is 0.924. The van der Waals surface area contributed by atoms with E-state index in [0.717, 1.165) is 30.3 Å². The zero-order valence-corrected chi connectivity index (χ0v) is 11.5. The van der Waals surface area contributed by atoms with E-state index in [2.05, 4.69) is 4.98 Å². The lowest BCUT2D eigenvalue weighted by Crippen LogP contribution is -2.43. The average Bonchev–Trinajstić information content (AvgIpc) is 2.74. The normalized spacial score (nSPS) is 24.3. The van der Waals surface area contributed by atoms with Crippen molar-refractivity contribution in [1.82, 2.24) is 14.5 Å². The smallest absolute Gasteiger partial charge is 0.391 e. The molecule has 1 saturated carbocycles. The average molecular weight is 291 g/mol. The summed E-state index contributed by atoms with van der Waals surface area (Å²) in [6, 6.07) is -0.000197. The summed E-state index contributed by atoms with van der Waals surface area (Å²) < 4.78 is 38.5. The molecule has 0 spiro atoms. The molecule has 1 aliphatic carbocycles. The minimum atomic E-state index is -4.25. The predicted molar refractivity (Wildman–Crippen MR) is 68.0 cm³/mol. The van der Waals surface area contributed by atoms with Crippen molar-refractivity contribution in [1.29, 1.82) is 0 Å². The maximum Gasteiger partial charge on any atom is 0.406 e. The van der Waals surface area contributed by atoms with Gasteiger partial charge in [0, 0.05) is 18.4 Å². The second kappa shape index (κ2) is 6.13. The maximum atomic E-state index is 12.5. The van der Waals surface area contributed by atoms with E-state index >= 15 is 0 Å². The van der Waals surface area contributed by atoms with Crippen LogP contribution in [0.15, 0.2) is 12.4 Å². The summed E-state index contributed by atoms with van der Waals surface area (Å²) in [6.45, 7) is -0.714. The van der Waals surface area contributed by atoms with Gasteiger partial charge in [-0.25, -0.2) is 4.98 Å². The highest BCUT2D eigenvalue weighted by Gasteiger charge is 2.30. The molecule has 0 bridgehead atoms. The molecular formula is C13H20F3N3O. The molecule has 0 amide bonds. The van der Waals surface area contributed by atoms with Crippen molar-refractivity contribution in [3.8, 4) is 0 Å². The molecule has 20 heavy (non-hydrogen) atoms. The molecule has 1 aliphatic rings. The summed E-state index contributed by atoms with van der Waals surface area (Å²) >= 11 is 0. The van der Waals surface area contributed by atoms with Gasteiger partial charge in [0.15, 0.2) is 0 Å². The standard InChI is InChI=1S/C13H20F3N3O/c1-18(10-4-2-3-5-11(10)20)8-12-17-6-7-19(12)9-13(14,15)16/h6-7,10-11,20H,2-5,8-9H2,1H3/t10-,11+/m1/s1. The molecule has 0 radical (unpaired) electrons. The number of imidazole rings is 1. The Balaban J connectivity index is 2.00. The largest absolute Gasteiger partial charge is 0.406 e. The number of hydrogen-bond donors (Lipinski definition) is 1. The van der Waals surface area contributed by atoms with E-state index in [-0.39, 0.29) is 6.04 Å². The van der Waals surface area contributed by atoms with Gasteiger partial charge in [-0.05, 0) is 19.9 Å². The molecule has 0 aliphatic heterocycles. The van der Waals surface area contributed by atoms with Gasteiger partial charge in [0.05, 0.1) is 12.6 Å². The Labute approximate surface area is 116 Å². The Morgan fingerprint density at radius 2 is 2.10 bits per heavy atom. The molecule has 0 unspecified atom stereocenters. The molecule has 1 aromatic heterocycles. The van der Waals surface area contributed by atoms with Gasteiger partial charge in [0.25, 0.3) is 0 Å². The van der Waals surface area contributed by atoms with Crippen LogP contribution in [0.3, 0.4) is 0 Å². The first-order valence-electron chi connectivity index (χ1n) is 6.82. The summed E-state index contributed by atoms with van der Waals surface area (Å²) in [5, 5.41) is 9.97. The number of aliphatic hydroxyl groups excluding tert-OH is 1. The SMILES string of the molecule is CN(Cc1nccn1CC(F)(F)F)[C@@H]1CCCC[C@@H]1O. The molecule has 2 atom stereocenters. The molecule has 4 nitrogen and oxygen atoms in total. The van der Waals surface area contributed by atoms with Gasteiger partial charge < -0.3 is 9.67 Å². The van der Waals surface area contributed by atoms with Gasteiger partial charge in [0.1, 0.15) is 12.4 Å². The van der Waals surface area contributed by atoms with Gasteiger partial charge in [-0.3, -0.25) is 4.90 Å². The van der Waals surface area contributed by atoms with Crippen molar-refractivity contribution in [2.24, 2.45) is 0 Å². The number of halogens is 3. The Bertz CT molecular complexity index is 433. The lowest BCUT2D eigenvalue weighted by Gasteiger charge is -2.35. The van der Waals surface area contributed by atoms with E-state index in [9.17, 15) is 18.3 Å². The molecule has 1 N–H and O–H groups in total. The van der Waals surface area contributed by atoms with Crippen molar-refractivity contribution in [3.63, 3.8) is 0 Å². The lowest BCUT2D eigenvalue weighted by atomic mass is 9.91. The predicted octanol–water partition coefficient (Wildman–Crippen LogP) is 2.18. The molecule has 0 saturated heterocycles. The lowest BCUT2D eigenvalue weighted by molar-refractivity contribution is -0.141. The molecule has 2 rings (SSSR count). The van der Waals surface area contributed by atoms with E-state index < -0.39 is 18.8 Å². The number of aromatic nitrogens is 2. The summed E-state index contributed by atoms with van der Waals surface area (Å²) in [6.07, 6.45) is 1.75. The third-order valence-corrected chi connectivity index (χ3v) is 3.80. The summed E-state index contributed by atoms with van der Waals surface area (Å²) in [7, 11) is 1.83. The van der Waals surface area contributed by atoms with E-state index in [1.807, 2.05) is 11.9 Å². The molecule has 114 valence electrons. The first-order valence-corrected chi connectivity index (χ1v) is 6.82. The van der Waals surface area contributed by atoms with Crippen molar-refractivity contribution in [2.75, 3.05) is 7.05 Å². The highest BCUT2D eigenvalue weighted by molar-refractivity contribution is 4.94. The van der Waals surface area contributed by atoms with Gasteiger partial charge in [-0.2, -0.15) is 13.2 Å². The van der Waals surface area contributed by atoms with Crippen LogP contribution in [0, 0.1) is 0 Å². The summed E-state index contributed by atoms with van der Waals surface area (Å²) in [5.74, 6) is 0.377. The highest BCUT2D eigenvalue weighted by atomic mass is 19.4. The van der Waals surface area contributed by atoms with Crippen LogP contribution in [-0.4, -0.2) is 44.9 Å². The van der Waals surface area contributed by atoms with Crippen molar-refractivity contribution < 1.29 is 18.3 Å². The Kier molecular flexibility index (Phi) is 4.70. The summed E-state index contributed by atoms with van der Waals surface area (Å²) in [4.78, 5) is 5.90. The third-order valence-electron chi connectivity index (χ3n) is 3.80. The number of rotatable bonds is 4. The highest BCUT2D eigenvalue weighted by Crippen LogP contribution is 2.24. The molecule has 0 aromatic carbocycles. The summed E-state index contributed by atoms with van der Waals surface area (Å²) in [5.41, 5.74) is 0. The van der Waals surface area contributed by atoms with Gasteiger partial charge in [0.2, 0.25) is 0 Å². The van der Waals surface area contributed by atoms with Crippen LogP contribution in [0.1, 0.15) is 31.5 Å². The maximum absolute atomic E-state index is 12.5. The van der Waals surface area contributed by atoms with Crippen LogP contribution < -0.4 is 0 Å². The second-order valence-electron chi connectivity index (χ2n) is 5.42. The molecule has 1 fully saturated rings. The third kappa shape index (κ3) is 3.96. The van der Waals surface area contributed by atoms with E-state index in [1.54, 1.807) is 0 Å². The zero-order valence-electron chi connectivity index (χ0n) is 11.5. The second-order valence-corrected chi connectivity index (χ2v) is 5.42. The van der Waals surface area contributed by atoms with E-state index in [0.29, 0.717) is 12.4 Å². The monoisotopic (exact) mass is 291 g/mol. The molecule has 7 heteroatoms. The Morgan fingerprint density at radius 1 is 1.40 bits per heavy atom. The first-order chi connectivity index (χ1) is 9.37. The number of alkyl halides is 3. The van der Waals surface area contributed by atoms with Crippen molar-refractivity contribution in [3.05, 3.63) is 18.2 Å². The fourth-order valence-corrected chi connectivity index (χ4v) is 2.77. The van der Waals surface area contributed by atoms with Gasteiger partial charge in [-0.15, -0.1) is 0 Å². The minimum Gasteiger partial charge on any atom is -0.391 e. The van der Waals surface area contributed by atoms with Gasteiger partial charge >= 0.3 is 6.18 Å². The van der Waals surface area contributed by atoms with Crippen LogP contribution >= 0.6 is 0 Å². The van der Waals surface area contributed by atoms with Crippen molar-refractivity contribution in [2.45, 2.75) is 57.1 Å². The molecule has 1 aromatic rings. The first kappa shape index (κ1) is 15.3. The van der Waals surface area contributed by atoms with Crippen molar-refractivity contribution >= 4 is 0 Å². The number of hydrogen-bond acceptors (Lipinski definition) is 3. The van der Waals surface area contributed by atoms with Crippen LogP contribution in [0.25, 0.3) is 0 Å². The van der Waals surface area contributed by atoms with Gasteiger partial charge in [-0.1, -0.05) is 12.8 Å².